The number of benzene rings is 1. The van der Waals surface area contributed by atoms with E-state index in [0.717, 1.165) is 22.6 Å². The molecular weight excluding hydrogens is 394 g/mol. The average molecular weight is 420 g/mol. The average Bonchev–Trinajstić information content (AvgIpc) is 3.29. The number of aromatic nitrogens is 2. The predicted octanol–water partition coefficient (Wildman–Crippen LogP) is 3.73. The molecule has 1 amide bonds. The van der Waals surface area contributed by atoms with Crippen molar-refractivity contribution in [2.45, 2.75) is 25.4 Å². The van der Waals surface area contributed by atoms with E-state index in [4.69, 9.17) is 12.2 Å². The highest BCUT2D eigenvalue weighted by Gasteiger charge is 2.40. The molecule has 4 rings (SSSR count). The third-order valence-electron chi connectivity index (χ3n) is 5.37. The van der Waals surface area contributed by atoms with Crippen molar-refractivity contribution in [1.82, 2.24) is 19.8 Å². The molecule has 1 aliphatic rings. The first-order valence-electron chi connectivity index (χ1n) is 9.99. The van der Waals surface area contributed by atoms with Gasteiger partial charge in [0.25, 0.3) is 0 Å². The number of pyridine rings is 1. The molecule has 1 aromatic carbocycles. The number of carbonyl (C=O) groups excluding carboxylic acids is 1. The van der Waals surface area contributed by atoms with Gasteiger partial charge in [0, 0.05) is 43.8 Å². The van der Waals surface area contributed by atoms with Crippen LogP contribution in [0.1, 0.15) is 35.5 Å². The third-order valence-corrected chi connectivity index (χ3v) is 5.72. The van der Waals surface area contributed by atoms with Gasteiger partial charge in [-0.3, -0.25) is 9.78 Å². The van der Waals surface area contributed by atoms with Crippen LogP contribution in [0, 0.1) is 6.92 Å². The Morgan fingerprint density at radius 1 is 1.20 bits per heavy atom. The van der Waals surface area contributed by atoms with E-state index in [1.807, 2.05) is 68.7 Å². The molecule has 7 heteroatoms. The Bertz CT molecular complexity index is 1050. The molecule has 0 bridgehead atoms. The summed E-state index contributed by atoms with van der Waals surface area (Å²) in [6.45, 7) is 2.52. The number of rotatable bonds is 6. The van der Waals surface area contributed by atoms with Crippen molar-refractivity contribution in [2.24, 2.45) is 7.05 Å². The van der Waals surface area contributed by atoms with Crippen LogP contribution in [0.25, 0.3) is 0 Å². The van der Waals surface area contributed by atoms with Crippen molar-refractivity contribution < 1.29 is 4.79 Å². The fourth-order valence-corrected chi connectivity index (χ4v) is 4.25. The Hall–Kier alpha value is -3.19. The van der Waals surface area contributed by atoms with Crippen molar-refractivity contribution in [2.75, 3.05) is 11.9 Å². The summed E-state index contributed by atoms with van der Waals surface area (Å²) >= 11 is 5.66. The van der Waals surface area contributed by atoms with Crippen LogP contribution in [0.4, 0.5) is 5.69 Å². The zero-order valence-electron chi connectivity index (χ0n) is 17.1. The molecule has 0 spiro atoms. The fourth-order valence-electron chi connectivity index (χ4n) is 3.92. The van der Waals surface area contributed by atoms with E-state index in [2.05, 4.69) is 31.2 Å². The van der Waals surface area contributed by atoms with Crippen LogP contribution in [0.15, 0.2) is 67.0 Å². The van der Waals surface area contributed by atoms with Crippen LogP contribution in [0.5, 0.6) is 0 Å². The molecule has 2 aromatic heterocycles. The van der Waals surface area contributed by atoms with E-state index in [1.54, 1.807) is 6.20 Å². The van der Waals surface area contributed by atoms with Gasteiger partial charge in [-0.1, -0.05) is 18.2 Å². The van der Waals surface area contributed by atoms with Crippen molar-refractivity contribution in [3.8, 4) is 0 Å². The van der Waals surface area contributed by atoms with E-state index in [1.165, 1.54) is 0 Å². The number of anilines is 1. The van der Waals surface area contributed by atoms with Gasteiger partial charge in [0.2, 0.25) is 5.91 Å². The van der Waals surface area contributed by atoms with Crippen LogP contribution in [-0.4, -0.2) is 32.0 Å². The van der Waals surface area contributed by atoms with Gasteiger partial charge in [0.1, 0.15) is 0 Å². The Labute approximate surface area is 181 Å². The number of hydrogen-bond acceptors (Lipinski definition) is 3. The van der Waals surface area contributed by atoms with Crippen molar-refractivity contribution in [1.29, 1.82) is 0 Å². The lowest BCUT2D eigenvalue weighted by atomic mass is 10.0. The molecule has 3 heterocycles. The highest BCUT2D eigenvalue weighted by molar-refractivity contribution is 7.80. The number of nitrogens with one attached hydrogen (secondary N) is 2. The second-order valence-corrected chi connectivity index (χ2v) is 7.92. The summed E-state index contributed by atoms with van der Waals surface area (Å²) in [6.07, 6.45) is 4.15. The first-order chi connectivity index (χ1) is 14.5. The number of nitrogens with zero attached hydrogens (tertiary/aromatic N) is 3. The van der Waals surface area contributed by atoms with E-state index in [-0.39, 0.29) is 18.0 Å². The van der Waals surface area contributed by atoms with Crippen molar-refractivity contribution in [3.63, 3.8) is 0 Å². The second kappa shape index (κ2) is 8.67. The molecule has 1 fully saturated rings. The number of thiocarbonyl (C=S) groups is 1. The molecule has 0 radical (unpaired) electrons. The molecule has 2 atom stereocenters. The topological polar surface area (TPSA) is 62.2 Å². The molecule has 2 N–H and O–H groups in total. The largest absolute Gasteiger partial charge is 0.353 e. The molecule has 154 valence electrons. The number of aryl methyl sites for hydroxylation is 2. The van der Waals surface area contributed by atoms with E-state index in [9.17, 15) is 4.79 Å². The highest BCUT2D eigenvalue weighted by atomic mass is 32.1. The van der Waals surface area contributed by atoms with E-state index in [0.29, 0.717) is 18.1 Å². The summed E-state index contributed by atoms with van der Waals surface area (Å²) in [5.74, 6) is -0.0321. The summed E-state index contributed by atoms with van der Waals surface area (Å²) in [6, 6.07) is 17.7. The van der Waals surface area contributed by atoms with Gasteiger partial charge in [-0.2, -0.15) is 0 Å². The van der Waals surface area contributed by atoms with E-state index >= 15 is 0 Å². The van der Waals surface area contributed by atoms with Gasteiger partial charge in [0.15, 0.2) is 5.11 Å². The van der Waals surface area contributed by atoms with E-state index < -0.39 is 0 Å². The number of hydrogen-bond donors (Lipinski definition) is 2. The molecular formula is C23H25N5OS. The molecule has 1 aliphatic heterocycles. The van der Waals surface area contributed by atoms with Crippen LogP contribution in [-0.2, 0) is 11.8 Å². The van der Waals surface area contributed by atoms with Gasteiger partial charge >= 0.3 is 0 Å². The summed E-state index contributed by atoms with van der Waals surface area (Å²) in [7, 11) is 2.02. The first-order valence-corrected chi connectivity index (χ1v) is 10.4. The summed E-state index contributed by atoms with van der Waals surface area (Å²) < 4.78 is 2.09. The van der Waals surface area contributed by atoms with Crippen LogP contribution in [0.3, 0.4) is 0 Å². The predicted molar refractivity (Wildman–Crippen MR) is 122 cm³/mol. The minimum absolute atomic E-state index is 0.0321. The molecule has 30 heavy (non-hydrogen) atoms. The standard InChI is InChI=1S/C23H25N5OS/c1-16-7-5-8-17(15-16)25-20(29)11-14-28-22(19-10-6-13-27(19)2)21(26-23(28)30)18-9-3-4-12-24-18/h3-10,12-13,15,21-22H,11,14H2,1-2H3,(H,25,29)(H,26,30)/t21-,22-/m0/s1. The number of amides is 1. The van der Waals surface area contributed by atoms with Crippen LogP contribution < -0.4 is 10.6 Å². The maximum Gasteiger partial charge on any atom is 0.226 e. The van der Waals surface area contributed by atoms with Gasteiger partial charge in [0.05, 0.1) is 17.8 Å². The molecule has 0 saturated carbocycles. The molecule has 3 aromatic rings. The Balaban J connectivity index is 1.52. The SMILES string of the molecule is Cc1cccc(NC(=O)CCN2C(=S)N[C@@H](c3ccccn3)[C@@H]2c2cccn2C)c1. The number of carbonyl (C=O) groups is 1. The zero-order chi connectivity index (χ0) is 21.1. The van der Waals surface area contributed by atoms with Gasteiger partial charge in [-0.15, -0.1) is 0 Å². The lowest BCUT2D eigenvalue weighted by Crippen LogP contribution is -2.33. The van der Waals surface area contributed by atoms with Crippen LogP contribution >= 0.6 is 12.2 Å². The summed E-state index contributed by atoms with van der Waals surface area (Å²) in [5.41, 5.74) is 3.97. The Morgan fingerprint density at radius 3 is 2.77 bits per heavy atom. The minimum atomic E-state index is -0.0767. The summed E-state index contributed by atoms with van der Waals surface area (Å²) in [5, 5.41) is 7.03. The van der Waals surface area contributed by atoms with Gasteiger partial charge < -0.3 is 20.1 Å². The molecule has 6 nitrogen and oxygen atoms in total. The first kappa shape index (κ1) is 20.1. The van der Waals surface area contributed by atoms with Gasteiger partial charge in [-0.25, -0.2) is 0 Å². The quantitative estimate of drug-likeness (QED) is 0.596. The molecule has 0 aliphatic carbocycles. The van der Waals surface area contributed by atoms with Crippen molar-refractivity contribution >= 4 is 28.9 Å². The molecule has 1 saturated heterocycles. The highest BCUT2D eigenvalue weighted by Crippen LogP contribution is 2.38. The zero-order valence-corrected chi connectivity index (χ0v) is 17.9. The maximum atomic E-state index is 12.6. The lowest BCUT2D eigenvalue weighted by Gasteiger charge is -2.28. The maximum absolute atomic E-state index is 12.6. The lowest BCUT2D eigenvalue weighted by molar-refractivity contribution is -0.116. The Kier molecular flexibility index (Phi) is 5.81. The normalized spacial score (nSPS) is 18.3. The fraction of sp³-hybridized carbons (Fsp3) is 0.261. The smallest absolute Gasteiger partial charge is 0.226 e. The Morgan fingerprint density at radius 2 is 2.07 bits per heavy atom. The second-order valence-electron chi connectivity index (χ2n) is 7.53. The van der Waals surface area contributed by atoms with Crippen molar-refractivity contribution in [3.05, 3.63) is 83.9 Å². The third kappa shape index (κ3) is 4.21. The summed E-state index contributed by atoms with van der Waals surface area (Å²) in [4.78, 5) is 19.2. The molecule has 0 unspecified atom stereocenters. The van der Waals surface area contributed by atoms with Gasteiger partial charge in [-0.05, 0) is 61.1 Å². The monoisotopic (exact) mass is 419 g/mol. The minimum Gasteiger partial charge on any atom is -0.353 e. The van der Waals surface area contributed by atoms with Crippen LogP contribution in [0.2, 0.25) is 0 Å².